The van der Waals surface area contributed by atoms with Crippen molar-refractivity contribution in [2.75, 3.05) is 26.9 Å². The maximum Gasteiger partial charge on any atom is 0.252 e. The van der Waals surface area contributed by atoms with Gasteiger partial charge in [0.1, 0.15) is 0 Å². The summed E-state index contributed by atoms with van der Waals surface area (Å²) in [4.78, 5) is 16.3. The first-order chi connectivity index (χ1) is 13.2. The van der Waals surface area contributed by atoms with Gasteiger partial charge in [-0.05, 0) is 29.8 Å². The Kier molecular flexibility index (Phi) is 8.65. The van der Waals surface area contributed by atoms with Crippen molar-refractivity contribution >= 4 is 47.4 Å². The molecule has 0 bridgehead atoms. The Bertz CT molecular complexity index is 848. The van der Waals surface area contributed by atoms with Crippen molar-refractivity contribution < 1.29 is 14.3 Å². The zero-order valence-corrected chi connectivity index (χ0v) is 18.4. The summed E-state index contributed by atoms with van der Waals surface area (Å²) in [5.41, 5.74) is 1.51. The van der Waals surface area contributed by atoms with E-state index in [4.69, 9.17) is 21.1 Å². The van der Waals surface area contributed by atoms with E-state index in [2.05, 4.69) is 20.9 Å². The topological polar surface area (TPSA) is 84.0 Å². The minimum atomic E-state index is -0.203. The summed E-state index contributed by atoms with van der Waals surface area (Å²) in [7, 11) is 1.69. The lowest BCUT2D eigenvalue weighted by Gasteiger charge is -2.13. The molecule has 3 rings (SSSR count). The molecule has 0 unspecified atom stereocenters. The first-order valence-corrected chi connectivity index (χ1v) is 8.91. The highest BCUT2D eigenvalue weighted by Gasteiger charge is 2.13. The molecule has 9 heteroatoms. The van der Waals surface area contributed by atoms with E-state index < -0.39 is 0 Å². The van der Waals surface area contributed by atoms with Crippen molar-refractivity contribution in [1.29, 1.82) is 0 Å². The predicted octanol–water partition coefficient (Wildman–Crippen LogP) is 2.78. The number of carbonyl (C=O) groups is 1. The second-order valence-corrected chi connectivity index (χ2v) is 6.18. The summed E-state index contributed by atoms with van der Waals surface area (Å²) in [6.45, 7) is 1.81. The SMILES string of the molecule is CN=C(NCCNC(=O)c1ccccc1Cl)NCc1ccc2c(c1)OCO2.I. The third-order valence-electron chi connectivity index (χ3n) is 3.94. The van der Waals surface area contributed by atoms with Gasteiger partial charge in [0.05, 0.1) is 10.6 Å². The monoisotopic (exact) mass is 516 g/mol. The largest absolute Gasteiger partial charge is 0.454 e. The van der Waals surface area contributed by atoms with Gasteiger partial charge < -0.3 is 25.4 Å². The van der Waals surface area contributed by atoms with Crippen LogP contribution in [-0.2, 0) is 6.54 Å². The van der Waals surface area contributed by atoms with E-state index in [0.29, 0.717) is 36.2 Å². The van der Waals surface area contributed by atoms with Gasteiger partial charge in [0.25, 0.3) is 5.91 Å². The number of hydrogen-bond acceptors (Lipinski definition) is 4. The Hall–Kier alpha value is -2.20. The summed E-state index contributed by atoms with van der Waals surface area (Å²) >= 11 is 6.02. The van der Waals surface area contributed by atoms with Gasteiger partial charge in [-0.2, -0.15) is 0 Å². The Morgan fingerprint density at radius 1 is 1.07 bits per heavy atom. The van der Waals surface area contributed by atoms with Crippen LogP contribution in [0, 0.1) is 0 Å². The molecule has 0 saturated carbocycles. The highest BCUT2D eigenvalue weighted by molar-refractivity contribution is 14.0. The van der Waals surface area contributed by atoms with Gasteiger partial charge >= 0.3 is 0 Å². The molecule has 7 nitrogen and oxygen atoms in total. The van der Waals surface area contributed by atoms with Crippen LogP contribution >= 0.6 is 35.6 Å². The van der Waals surface area contributed by atoms with Crippen LogP contribution in [-0.4, -0.2) is 38.8 Å². The van der Waals surface area contributed by atoms with Gasteiger partial charge in [-0.15, -0.1) is 24.0 Å². The average Bonchev–Trinajstić information content (AvgIpc) is 3.15. The fraction of sp³-hybridized carbons (Fsp3) is 0.263. The first kappa shape index (κ1) is 22.1. The summed E-state index contributed by atoms with van der Waals surface area (Å²) in [6, 6.07) is 12.7. The van der Waals surface area contributed by atoms with Gasteiger partial charge in [-0.3, -0.25) is 9.79 Å². The van der Waals surface area contributed by atoms with E-state index >= 15 is 0 Å². The first-order valence-electron chi connectivity index (χ1n) is 8.53. The van der Waals surface area contributed by atoms with Crippen LogP contribution in [0.5, 0.6) is 11.5 Å². The Labute approximate surface area is 185 Å². The lowest BCUT2D eigenvalue weighted by atomic mass is 10.2. The molecule has 1 aliphatic rings. The number of halogens is 2. The molecule has 0 saturated heterocycles. The molecule has 0 atom stereocenters. The highest BCUT2D eigenvalue weighted by atomic mass is 127. The number of hydrogen-bond donors (Lipinski definition) is 3. The van der Waals surface area contributed by atoms with Gasteiger partial charge in [0.2, 0.25) is 6.79 Å². The minimum absolute atomic E-state index is 0. The lowest BCUT2D eigenvalue weighted by molar-refractivity contribution is 0.0954. The standard InChI is InChI=1S/C19H21ClN4O3.HI/c1-21-19(24-11-13-6-7-16-17(10-13)27-12-26-16)23-9-8-22-18(25)14-4-2-3-5-15(14)20;/h2-7,10H,8-9,11-12H2,1H3,(H,22,25)(H2,21,23,24);1H. The Morgan fingerprint density at radius 3 is 2.61 bits per heavy atom. The highest BCUT2D eigenvalue weighted by Crippen LogP contribution is 2.32. The molecule has 0 fully saturated rings. The van der Waals surface area contributed by atoms with Crippen LogP contribution in [0.15, 0.2) is 47.5 Å². The summed E-state index contributed by atoms with van der Waals surface area (Å²) in [5.74, 6) is 1.94. The number of benzene rings is 2. The third kappa shape index (κ3) is 5.90. The molecular weight excluding hydrogens is 495 g/mol. The minimum Gasteiger partial charge on any atom is -0.454 e. The van der Waals surface area contributed by atoms with Gasteiger partial charge in [0.15, 0.2) is 17.5 Å². The van der Waals surface area contributed by atoms with Crippen molar-refractivity contribution in [3.63, 3.8) is 0 Å². The van der Waals surface area contributed by atoms with Crippen LogP contribution in [0.25, 0.3) is 0 Å². The third-order valence-corrected chi connectivity index (χ3v) is 4.27. The Morgan fingerprint density at radius 2 is 1.82 bits per heavy atom. The van der Waals surface area contributed by atoms with Gasteiger partial charge in [-0.25, -0.2) is 0 Å². The molecular formula is C19H22ClIN4O3. The number of amides is 1. The quantitative estimate of drug-likeness (QED) is 0.238. The van der Waals surface area contributed by atoms with E-state index in [1.54, 1.807) is 31.3 Å². The van der Waals surface area contributed by atoms with Crippen molar-refractivity contribution in [3.8, 4) is 11.5 Å². The summed E-state index contributed by atoms with van der Waals surface area (Å²) in [6.07, 6.45) is 0. The molecule has 0 aromatic heterocycles. The molecule has 3 N–H and O–H groups in total. The normalized spacial score (nSPS) is 12.1. The second-order valence-electron chi connectivity index (χ2n) is 5.78. The lowest BCUT2D eigenvalue weighted by Crippen LogP contribution is -2.41. The van der Waals surface area contributed by atoms with Gasteiger partial charge in [0, 0.05) is 26.7 Å². The van der Waals surface area contributed by atoms with Crippen LogP contribution < -0.4 is 25.4 Å². The summed E-state index contributed by atoms with van der Waals surface area (Å²) < 4.78 is 10.7. The molecule has 1 amide bonds. The molecule has 1 aliphatic heterocycles. The number of ether oxygens (including phenoxy) is 2. The molecule has 0 aliphatic carbocycles. The Balaban J connectivity index is 0.00000280. The number of rotatable bonds is 6. The molecule has 2 aromatic rings. The van der Waals surface area contributed by atoms with Crippen LogP contribution in [0.2, 0.25) is 5.02 Å². The fourth-order valence-electron chi connectivity index (χ4n) is 2.55. The van der Waals surface area contributed by atoms with Crippen LogP contribution in [0.3, 0.4) is 0 Å². The molecule has 2 aromatic carbocycles. The molecule has 0 spiro atoms. The fourth-order valence-corrected chi connectivity index (χ4v) is 2.78. The molecule has 28 heavy (non-hydrogen) atoms. The number of nitrogens with one attached hydrogen (secondary N) is 3. The molecule has 0 radical (unpaired) electrons. The number of nitrogens with zero attached hydrogens (tertiary/aromatic N) is 1. The van der Waals surface area contributed by atoms with E-state index in [1.165, 1.54) is 0 Å². The second kappa shape index (κ2) is 11.0. The van der Waals surface area contributed by atoms with Crippen LogP contribution in [0.4, 0.5) is 0 Å². The zero-order chi connectivity index (χ0) is 19.1. The van der Waals surface area contributed by atoms with Crippen molar-refractivity contribution in [1.82, 2.24) is 16.0 Å². The van der Waals surface area contributed by atoms with Crippen molar-refractivity contribution in [2.24, 2.45) is 4.99 Å². The smallest absolute Gasteiger partial charge is 0.252 e. The average molecular weight is 517 g/mol. The van der Waals surface area contributed by atoms with Crippen molar-refractivity contribution in [2.45, 2.75) is 6.54 Å². The number of carbonyl (C=O) groups excluding carboxylic acids is 1. The summed E-state index contributed by atoms with van der Waals surface area (Å²) in [5, 5.41) is 9.62. The van der Waals surface area contributed by atoms with Gasteiger partial charge in [-0.1, -0.05) is 29.8 Å². The zero-order valence-electron chi connectivity index (χ0n) is 15.3. The van der Waals surface area contributed by atoms with Crippen molar-refractivity contribution in [3.05, 3.63) is 58.6 Å². The predicted molar refractivity (Wildman–Crippen MR) is 120 cm³/mol. The molecule has 1 heterocycles. The maximum absolute atomic E-state index is 12.1. The number of guanidine groups is 1. The maximum atomic E-state index is 12.1. The number of fused-ring (bicyclic) bond motifs is 1. The van der Waals surface area contributed by atoms with Crippen LogP contribution in [0.1, 0.15) is 15.9 Å². The van der Waals surface area contributed by atoms with E-state index in [9.17, 15) is 4.79 Å². The van der Waals surface area contributed by atoms with E-state index in [0.717, 1.165) is 17.1 Å². The number of aliphatic imine (C=N–C) groups is 1. The molecule has 150 valence electrons. The van der Waals surface area contributed by atoms with E-state index in [1.807, 2.05) is 18.2 Å². The van der Waals surface area contributed by atoms with E-state index in [-0.39, 0.29) is 36.7 Å².